The summed E-state index contributed by atoms with van der Waals surface area (Å²) in [5.74, 6) is 0. The Hall–Kier alpha value is -2.34. The minimum Gasteiger partial charge on any atom is -0.348 e. The second-order valence-electron chi connectivity index (χ2n) is 3.77. The van der Waals surface area contributed by atoms with Crippen molar-refractivity contribution in [3.8, 4) is 0 Å². The third-order valence-electron chi connectivity index (χ3n) is 2.73. The predicted octanol–water partition coefficient (Wildman–Crippen LogP) is 0.711. The lowest BCUT2D eigenvalue weighted by Gasteiger charge is -2.02. The van der Waals surface area contributed by atoms with Gasteiger partial charge >= 0.3 is 0 Å². The van der Waals surface area contributed by atoms with E-state index in [-0.39, 0.29) is 16.3 Å². The maximum Gasteiger partial charge on any atom is 0.287 e. The van der Waals surface area contributed by atoms with Crippen molar-refractivity contribution >= 4 is 33.4 Å². The second kappa shape index (κ2) is 3.58. The largest absolute Gasteiger partial charge is 0.348 e. The standard InChI is InChI=1S/C11H6ClN3O3/c12-5-3-1-2-4-7(5)13-8-6(9(4)16)10(17)14-15-11(8)18/h1-3H,(H,13,16)(H,14,17)(H,15,18). The van der Waals surface area contributed by atoms with Crippen molar-refractivity contribution < 1.29 is 0 Å². The summed E-state index contributed by atoms with van der Waals surface area (Å²) in [4.78, 5) is 38.1. The molecule has 0 aliphatic heterocycles. The van der Waals surface area contributed by atoms with E-state index in [0.29, 0.717) is 10.5 Å². The number of rotatable bonds is 0. The van der Waals surface area contributed by atoms with Crippen molar-refractivity contribution in [3.63, 3.8) is 0 Å². The van der Waals surface area contributed by atoms with Gasteiger partial charge in [0.15, 0.2) is 0 Å². The zero-order chi connectivity index (χ0) is 12.9. The first-order chi connectivity index (χ1) is 8.59. The summed E-state index contributed by atoms with van der Waals surface area (Å²) >= 11 is 5.95. The molecule has 0 saturated heterocycles. The van der Waals surface area contributed by atoms with Crippen LogP contribution in [0.4, 0.5) is 0 Å². The van der Waals surface area contributed by atoms with E-state index >= 15 is 0 Å². The lowest BCUT2D eigenvalue weighted by molar-refractivity contribution is 0.970. The first-order valence-corrected chi connectivity index (χ1v) is 5.42. The number of aromatic amines is 3. The Kier molecular flexibility index (Phi) is 2.14. The Labute approximate surface area is 103 Å². The van der Waals surface area contributed by atoms with Crippen LogP contribution in [0.1, 0.15) is 0 Å². The molecule has 3 rings (SSSR count). The van der Waals surface area contributed by atoms with Gasteiger partial charge in [0.1, 0.15) is 10.9 Å². The van der Waals surface area contributed by atoms with Crippen molar-refractivity contribution in [2.24, 2.45) is 0 Å². The van der Waals surface area contributed by atoms with Crippen LogP contribution < -0.4 is 16.5 Å². The normalized spacial score (nSPS) is 11.2. The predicted molar refractivity (Wildman–Crippen MR) is 68.3 cm³/mol. The van der Waals surface area contributed by atoms with E-state index in [1.165, 1.54) is 0 Å². The summed E-state index contributed by atoms with van der Waals surface area (Å²) in [6.07, 6.45) is 0. The van der Waals surface area contributed by atoms with E-state index in [1.54, 1.807) is 18.2 Å². The molecule has 18 heavy (non-hydrogen) atoms. The molecule has 0 atom stereocenters. The van der Waals surface area contributed by atoms with Crippen LogP contribution in [-0.2, 0) is 0 Å². The molecule has 3 aromatic rings. The van der Waals surface area contributed by atoms with Crippen LogP contribution in [0.5, 0.6) is 0 Å². The summed E-state index contributed by atoms with van der Waals surface area (Å²) in [5.41, 5.74) is -1.48. The van der Waals surface area contributed by atoms with Gasteiger partial charge in [0.25, 0.3) is 11.1 Å². The van der Waals surface area contributed by atoms with Crippen molar-refractivity contribution in [2.45, 2.75) is 0 Å². The van der Waals surface area contributed by atoms with E-state index in [9.17, 15) is 14.4 Å². The third-order valence-corrected chi connectivity index (χ3v) is 3.04. The van der Waals surface area contributed by atoms with Crippen LogP contribution in [0.25, 0.3) is 21.8 Å². The smallest absolute Gasteiger partial charge is 0.287 e. The fourth-order valence-electron chi connectivity index (χ4n) is 1.90. The molecule has 0 bridgehead atoms. The molecule has 6 nitrogen and oxygen atoms in total. The first-order valence-electron chi connectivity index (χ1n) is 5.05. The summed E-state index contributed by atoms with van der Waals surface area (Å²) in [7, 11) is 0. The number of benzene rings is 1. The number of hydrogen-bond donors (Lipinski definition) is 3. The Bertz CT molecular complexity index is 952. The number of hydrogen-bond acceptors (Lipinski definition) is 3. The van der Waals surface area contributed by atoms with Crippen LogP contribution in [0.3, 0.4) is 0 Å². The number of fused-ring (bicyclic) bond motifs is 2. The zero-order valence-electron chi connectivity index (χ0n) is 8.83. The van der Waals surface area contributed by atoms with E-state index in [2.05, 4.69) is 15.2 Å². The lowest BCUT2D eigenvalue weighted by Crippen LogP contribution is -2.25. The number of aromatic nitrogens is 3. The maximum atomic E-state index is 12.2. The van der Waals surface area contributed by atoms with Crippen LogP contribution in [0.15, 0.2) is 32.6 Å². The zero-order valence-corrected chi connectivity index (χ0v) is 9.59. The van der Waals surface area contributed by atoms with Gasteiger partial charge in [-0.3, -0.25) is 24.6 Å². The first kappa shape index (κ1) is 10.8. The monoisotopic (exact) mass is 263 g/mol. The molecule has 2 aromatic heterocycles. The van der Waals surface area contributed by atoms with Crippen molar-refractivity contribution in [2.75, 3.05) is 0 Å². The molecule has 0 radical (unpaired) electrons. The van der Waals surface area contributed by atoms with Crippen molar-refractivity contribution in [3.05, 3.63) is 54.2 Å². The van der Waals surface area contributed by atoms with E-state index in [1.807, 2.05) is 0 Å². The van der Waals surface area contributed by atoms with Crippen molar-refractivity contribution in [1.82, 2.24) is 15.2 Å². The highest BCUT2D eigenvalue weighted by atomic mass is 35.5. The molecule has 90 valence electrons. The SMILES string of the molecule is O=c1[nH][nH]c(=O)c2c(=O)c3cccc(Cl)c3[nH]c12. The third kappa shape index (κ3) is 1.32. The minimum atomic E-state index is -0.646. The molecule has 0 aliphatic rings. The van der Waals surface area contributed by atoms with Gasteiger partial charge < -0.3 is 4.98 Å². The Morgan fingerprint density at radius 2 is 1.67 bits per heavy atom. The number of pyridine rings is 1. The van der Waals surface area contributed by atoms with Gasteiger partial charge in [0.2, 0.25) is 5.43 Å². The molecule has 0 spiro atoms. The van der Waals surface area contributed by atoms with Crippen molar-refractivity contribution in [1.29, 1.82) is 0 Å². The fourth-order valence-corrected chi connectivity index (χ4v) is 2.12. The van der Waals surface area contributed by atoms with Crippen LogP contribution >= 0.6 is 11.6 Å². The molecule has 0 fully saturated rings. The molecular formula is C11H6ClN3O3. The van der Waals surface area contributed by atoms with Gasteiger partial charge in [-0.15, -0.1) is 0 Å². The van der Waals surface area contributed by atoms with Gasteiger partial charge in [-0.05, 0) is 12.1 Å². The highest BCUT2D eigenvalue weighted by Crippen LogP contribution is 2.19. The summed E-state index contributed by atoms with van der Waals surface area (Å²) in [6, 6.07) is 4.74. The van der Waals surface area contributed by atoms with E-state index in [4.69, 9.17) is 11.6 Å². The van der Waals surface area contributed by atoms with Gasteiger partial charge in [-0.2, -0.15) is 0 Å². The van der Waals surface area contributed by atoms with Gasteiger partial charge in [0.05, 0.1) is 10.5 Å². The number of halogens is 1. The summed E-state index contributed by atoms with van der Waals surface area (Å²) < 4.78 is 0. The van der Waals surface area contributed by atoms with Crippen LogP contribution in [-0.4, -0.2) is 15.2 Å². The molecule has 0 unspecified atom stereocenters. The topological polar surface area (TPSA) is 98.6 Å². The molecule has 7 heteroatoms. The van der Waals surface area contributed by atoms with Gasteiger partial charge in [-0.1, -0.05) is 17.7 Å². The molecule has 1 aromatic carbocycles. The van der Waals surface area contributed by atoms with E-state index in [0.717, 1.165) is 0 Å². The molecule has 2 heterocycles. The average molecular weight is 264 g/mol. The quantitative estimate of drug-likeness (QED) is 0.521. The minimum absolute atomic E-state index is 0.0793. The highest BCUT2D eigenvalue weighted by Gasteiger charge is 2.12. The van der Waals surface area contributed by atoms with E-state index < -0.39 is 16.5 Å². The highest BCUT2D eigenvalue weighted by molar-refractivity contribution is 6.35. The fraction of sp³-hybridized carbons (Fsp3) is 0. The van der Waals surface area contributed by atoms with Gasteiger partial charge in [-0.25, -0.2) is 0 Å². The number of H-pyrrole nitrogens is 3. The van der Waals surface area contributed by atoms with Crippen LogP contribution in [0, 0.1) is 0 Å². The molecule has 0 aliphatic carbocycles. The molecule has 0 saturated carbocycles. The maximum absolute atomic E-state index is 12.2. The molecular weight excluding hydrogens is 258 g/mol. The Balaban J connectivity index is 2.80. The Morgan fingerprint density at radius 3 is 2.44 bits per heavy atom. The summed E-state index contributed by atoms with van der Waals surface area (Å²) in [5, 5.41) is 4.64. The lowest BCUT2D eigenvalue weighted by atomic mass is 10.1. The summed E-state index contributed by atoms with van der Waals surface area (Å²) in [6.45, 7) is 0. The second-order valence-corrected chi connectivity index (χ2v) is 4.18. The average Bonchev–Trinajstić information content (AvgIpc) is 2.35. The van der Waals surface area contributed by atoms with Crippen LogP contribution in [0.2, 0.25) is 5.02 Å². The number of para-hydroxylation sites is 1. The Morgan fingerprint density at radius 1 is 0.944 bits per heavy atom. The number of nitrogens with one attached hydrogen (secondary N) is 3. The molecule has 0 amide bonds. The van der Waals surface area contributed by atoms with Gasteiger partial charge in [0, 0.05) is 5.39 Å². The molecule has 3 N–H and O–H groups in total.